The molecule has 0 saturated heterocycles. The number of hydrogen-bond acceptors (Lipinski definition) is 3. The predicted octanol–water partition coefficient (Wildman–Crippen LogP) is 0.845. The second kappa shape index (κ2) is 2.51. The summed E-state index contributed by atoms with van der Waals surface area (Å²) >= 11 is 0. The summed E-state index contributed by atoms with van der Waals surface area (Å²) < 4.78 is 12.3. The number of rotatable bonds is 1. The molecular weight excluding hydrogens is 133 g/mol. The molecule has 0 fully saturated rings. The van der Waals surface area contributed by atoms with Crippen LogP contribution in [-0.2, 0) is 0 Å². The van der Waals surface area contributed by atoms with Crippen molar-refractivity contribution in [3.05, 3.63) is 18.1 Å². The van der Waals surface area contributed by atoms with E-state index in [-0.39, 0.29) is 0 Å². The Morgan fingerprint density at radius 1 is 1.70 bits per heavy atom. The van der Waals surface area contributed by atoms with E-state index in [1.807, 2.05) is 0 Å². The SMILES string of the molecule is CNc1ncc(F)cc1N. The van der Waals surface area contributed by atoms with Gasteiger partial charge in [0.2, 0.25) is 0 Å². The molecule has 1 aromatic rings. The summed E-state index contributed by atoms with van der Waals surface area (Å²) in [6.45, 7) is 0. The van der Waals surface area contributed by atoms with Crippen molar-refractivity contribution in [1.29, 1.82) is 0 Å². The molecule has 1 aromatic heterocycles. The van der Waals surface area contributed by atoms with E-state index >= 15 is 0 Å². The lowest BCUT2D eigenvalue weighted by Gasteiger charge is -2.01. The third kappa shape index (κ3) is 1.15. The van der Waals surface area contributed by atoms with Crippen LogP contribution in [0.1, 0.15) is 0 Å². The van der Waals surface area contributed by atoms with E-state index in [0.29, 0.717) is 11.5 Å². The Bertz CT molecular complexity index is 236. The fraction of sp³-hybridized carbons (Fsp3) is 0.167. The summed E-state index contributed by atoms with van der Waals surface area (Å²) in [6, 6.07) is 1.22. The first-order valence-electron chi connectivity index (χ1n) is 2.83. The molecule has 1 rings (SSSR count). The topological polar surface area (TPSA) is 50.9 Å². The van der Waals surface area contributed by atoms with E-state index in [9.17, 15) is 4.39 Å². The molecule has 3 N–H and O–H groups in total. The van der Waals surface area contributed by atoms with Crippen LogP contribution in [0, 0.1) is 5.82 Å². The van der Waals surface area contributed by atoms with Crippen molar-refractivity contribution in [3.63, 3.8) is 0 Å². The molecule has 3 nitrogen and oxygen atoms in total. The van der Waals surface area contributed by atoms with Gasteiger partial charge in [-0.05, 0) is 0 Å². The highest BCUT2D eigenvalue weighted by atomic mass is 19.1. The molecule has 10 heavy (non-hydrogen) atoms. The fourth-order valence-electron chi connectivity index (χ4n) is 0.664. The van der Waals surface area contributed by atoms with Gasteiger partial charge < -0.3 is 11.1 Å². The van der Waals surface area contributed by atoms with Crippen molar-refractivity contribution < 1.29 is 4.39 Å². The van der Waals surface area contributed by atoms with Gasteiger partial charge in [-0.3, -0.25) is 0 Å². The molecular formula is C6H8FN3. The van der Waals surface area contributed by atoms with Gasteiger partial charge in [-0.1, -0.05) is 0 Å². The highest BCUT2D eigenvalue weighted by Crippen LogP contribution is 2.13. The zero-order chi connectivity index (χ0) is 7.56. The average molecular weight is 141 g/mol. The maximum Gasteiger partial charge on any atom is 0.149 e. The van der Waals surface area contributed by atoms with Crippen LogP contribution in [0.4, 0.5) is 15.9 Å². The Hall–Kier alpha value is -1.32. The second-order valence-corrected chi connectivity index (χ2v) is 1.84. The van der Waals surface area contributed by atoms with E-state index in [2.05, 4.69) is 10.3 Å². The van der Waals surface area contributed by atoms with Gasteiger partial charge in [-0.15, -0.1) is 0 Å². The van der Waals surface area contributed by atoms with E-state index in [1.165, 1.54) is 6.07 Å². The highest BCUT2D eigenvalue weighted by Gasteiger charge is 1.97. The Balaban J connectivity index is 3.07. The molecule has 0 aliphatic carbocycles. The minimum atomic E-state index is -0.420. The summed E-state index contributed by atoms with van der Waals surface area (Å²) in [5.74, 6) is 0.0814. The first-order valence-corrected chi connectivity index (χ1v) is 2.83. The van der Waals surface area contributed by atoms with Gasteiger partial charge in [-0.2, -0.15) is 0 Å². The second-order valence-electron chi connectivity index (χ2n) is 1.84. The number of nitrogen functional groups attached to an aromatic ring is 1. The van der Waals surface area contributed by atoms with Crippen LogP contribution >= 0.6 is 0 Å². The van der Waals surface area contributed by atoms with Crippen LogP contribution in [-0.4, -0.2) is 12.0 Å². The molecule has 0 aliphatic rings. The van der Waals surface area contributed by atoms with Gasteiger partial charge in [0.1, 0.15) is 11.6 Å². The fourth-order valence-corrected chi connectivity index (χ4v) is 0.664. The molecule has 0 aromatic carbocycles. The van der Waals surface area contributed by atoms with E-state index in [1.54, 1.807) is 7.05 Å². The number of aromatic nitrogens is 1. The zero-order valence-corrected chi connectivity index (χ0v) is 5.56. The average Bonchev–Trinajstić information content (AvgIpc) is 1.88. The molecule has 4 heteroatoms. The van der Waals surface area contributed by atoms with Gasteiger partial charge >= 0.3 is 0 Å². The lowest BCUT2D eigenvalue weighted by Crippen LogP contribution is -1.98. The van der Waals surface area contributed by atoms with E-state index in [0.717, 1.165) is 6.20 Å². The van der Waals surface area contributed by atoms with Crippen molar-refractivity contribution >= 4 is 11.5 Å². The molecule has 0 aliphatic heterocycles. The van der Waals surface area contributed by atoms with Crippen molar-refractivity contribution in [2.24, 2.45) is 0 Å². The molecule has 0 saturated carbocycles. The van der Waals surface area contributed by atoms with Gasteiger partial charge in [-0.25, -0.2) is 9.37 Å². The maximum absolute atomic E-state index is 12.3. The van der Waals surface area contributed by atoms with Crippen LogP contribution in [0.25, 0.3) is 0 Å². The van der Waals surface area contributed by atoms with Crippen LogP contribution in [0.3, 0.4) is 0 Å². The van der Waals surface area contributed by atoms with Gasteiger partial charge in [0, 0.05) is 13.1 Å². The summed E-state index contributed by atoms with van der Waals surface area (Å²) in [4.78, 5) is 3.69. The third-order valence-electron chi connectivity index (χ3n) is 1.12. The normalized spacial score (nSPS) is 9.40. The van der Waals surface area contributed by atoms with Crippen LogP contribution in [0.15, 0.2) is 12.3 Å². The standard InChI is InChI=1S/C6H8FN3/c1-9-6-5(8)2-4(7)3-10-6/h2-3H,8H2,1H3,(H,9,10). The summed E-state index contributed by atoms with van der Waals surface area (Å²) in [7, 11) is 1.68. The Kier molecular flexibility index (Phi) is 1.71. The zero-order valence-electron chi connectivity index (χ0n) is 5.56. The Morgan fingerprint density at radius 2 is 2.40 bits per heavy atom. The van der Waals surface area contributed by atoms with Gasteiger partial charge in [0.05, 0.1) is 11.9 Å². The number of nitrogens with one attached hydrogen (secondary N) is 1. The predicted molar refractivity (Wildman–Crippen MR) is 38.2 cm³/mol. The van der Waals surface area contributed by atoms with Crippen molar-refractivity contribution in [2.75, 3.05) is 18.1 Å². The van der Waals surface area contributed by atoms with E-state index in [4.69, 9.17) is 5.73 Å². The summed E-state index contributed by atoms with van der Waals surface area (Å²) in [6.07, 6.45) is 1.11. The minimum Gasteiger partial charge on any atom is -0.396 e. The highest BCUT2D eigenvalue weighted by molar-refractivity contribution is 5.60. The molecule has 54 valence electrons. The number of nitrogens with zero attached hydrogens (tertiary/aromatic N) is 1. The van der Waals surface area contributed by atoms with Crippen molar-refractivity contribution in [3.8, 4) is 0 Å². The van der Waals surface area contributed by atoms with Crippen molar-refractivity contribution in [1.82, 2.24) is 4.98 Å². The summed E-state index contributed by atoms with van der Waals surface area (Å²) in [5, 5.41) is 2.72. The maximum atomic E-state index is 12.3. The first-order chi connectivity index (χ1) is 4.74. The van der Waals surface area contributed by atoms with Crippen LogP contribution in [0.2, 0.25) is 0 Å². The number of nitrogens with two attached hydrogens (primary N) is 1. The molecule has 0 unspecified atom stereocenters. The van der Waals surface area contributed by atoms with Crippen LogP contribution < -0.4 is 11.1 Å². The number of halogens is 1. The number of hydrogen-bond donors (Lipinski definition) is 2. The van der Waals surface area contributed by atoms with Crippen LogP contribution in [0.5, 0.6) is 0 Å². The monoisotopic (exact) mass is 141 g/mol. The Labute approximate surface area is 58.1 Å². The first kappa shape index (κ1) is 6.80. The minimum absolute atomic E-state index is 0.322. The Morgan fingerprint density at radius 3 is 2.90 bits per heavy atom. The van der Waals surface area contributed by atoms with Gasteiger partial charge in [0.15, 0.2) is 0 Å². The molecule has 0 bridgehead atoms. The molecule has 0 atom stereocenters. The molecule has 0 amide bonds. The molecule has 0 radical (unpaired) electrons. The van der Waals surface area contributed by atoms with Gasteiger partial charge in [0.25, 0.3) is 0 Å². The molecule has 0 spiro atoms. The quantitative estimate of drug-likeness (QED) is 0.609. The number of pyridine rings is 1. The lowest BCUT2D eigenvalue weighted by molar-refractivity contribution is 0.622. The molecule has 1 heterocycles. The lowest BCUT2D eigenvalue weighted by atomic mass is 10.4. The van der Waals surface area contributed by atoms with E-state index < -0.39 is 5.82 Å². The third-order valence-corrected chi connectivity index (χ3v) is 1.12. The largest absolute Gasteiger partial charge is 0.396 e. The summed E-state index contributed by atoms with van der Waals surface area (Å²) in [5.41, 5.74) is 5.69. The smallest absolute Gasteiger partial charge is 0.149 e. The number of anilines is 2. The van der Waals surface area contributed by atoms with Crippen molar-refractivity contribution in [2.45, 2.75) is 0 Å².